The second kappa shape index (κ2) is 18.5. The maximum Gasteiger partial charge on any atom is 0.0798 e. The first-order valence-electron chi connectivity index (χ1n) is 10.1. The largest absolute Gasteiger partial charge is 0.395 e. The highest BCUT2D eigenvalue weighted by Gasteiger charge is 2.14. The lowest BCUT2D eigenvalue weighted by Crippen LogP contribution is -2.34. The highest BCUT2D eigenvalue weighted by Crippen LogP contribution is 2.10. The summed E-state index contributed by atoms with van der Waals surface area (Å²) < 4.78 is 5.44. The van der Waals surface area contributed by atoms with E-state index in [0.29, 0.717) is 6.61 Å². The van der Waals surface area contributed by atoms with Gasteiger partial charge >= 0.3 is 0 Å². The molecule has 0 saturated heterocycles. The number of nitrogens with zero attached hydrogens (tertiary/aromatic N) is 1. The van der Waals surface area contributed by atoms with Crippen molar-refractivity contribution in [3.05, 3.63) is 0 Å². The zero-order valence-electron chi connectivity index (χ0n) is 16.1. The number of hydrogen-bond donors (Lipinski definition) is 4. The molecule has 0 aromatic rings. The second-order valence-corrected chi connectivity index (χ2v) is 6.94. The van der Waals surface area contributed by atoms with E-state index in [4.69, 9.17) is 9.84 Å². The molecule has 0 aliphatic rings. The first kappa shape index (κ1) is 24.8. The fourth-order valence-corrected chi connectivity index (χ4v) is 2.82. The van der Waals surface area contributed by atoms with Crippen molar-refractivity contribution in [2.45, 2.75) is 89.8 Å². The number of aliphatic hydroxyl groups is 3. The Morgan fingerprint density at radius 1 is 0.840 bits per heavy atom. The third kappa shape index (κ3) is 18.4. The normalized spacial score (nSPS) is 14.2. The van der Waals surface area contributed by atoms with Crippen LogP contribution in [-0.2, 0) is 4.74 Å². The van der Waals surface area contributed by atoms with Gasteiger partial charge in [0, 0.05) is 19.6 Å². The Balaban J connectivity index is 3.33. The summed E-state index contributed by atoms with van der Waals surface area (Å²) in [5.41, 5.74) is 0. The van der Waals surface area contributed by atoms with Crippen LogP contribution in [0.15, 0.2) is 0 Å². The van der Waals surface area contributed by atoms with Gasteiger partial charge in [0.05, 0.1) is 32.0 Å². The smallest absolute Gasteiger partial charge is 0.0798 e. The molecule has 0 radical (unpaired) electrons. The molecule has 0 heterocycles. The summed E-state index contributed by atoms with van der Waals surface area (Å²) in [5, 5.41) is 38.3. The molecule has 0 aromatic carbocycles. The molecule has 0 fully saturated rings. The Morgan fingerprint density at radius 2 is 1.40 bits per heavy atom. The molecule has 0 aromatic heterocycles. The summed E-state index contributed by atoms with van der Waals surface area (Å²) in [7, 11) is 0. The monoisotopic (exact) mass is 363 g/mol. The molecule has 0 aliphatic heterocycles. The van der Waals surface area contributed by atoms with Crippen LogP contribution in [0.2, 0.25) is 0 Å². The van der Waals surface area contributed by atoms with Gasteiger partial charge in [0.15, 0.2) is 0 Å². The van der Waals surface area contributed by atoms with Crippen molar-refractivity contribution in [1.82, 2.24) is 5.06 Å². The Morgan fingerprint density at radius 3 is 1.96 bits per heavy atom. The lowest BCUT2D eigenvalue weighted by Gasteiger charge is -2.20. The average molecular weight is 364 g/mol. The minimum Gasteiger partial charge on any atom is -0.395 e. The molecule has 0 bridgehead atoms. The quantitative estimate of drug-likeness (QED) is 0.208. The second-order valence-electron chi connectivity index (χ2n) is 6.94. The van der Waals surface area contributed by atoms with Gasteiger partial charge in [0.2, 0.25) is 0 Å². The van der Waals surface area contributed by atoms with E-state index in [-0.39, 0.29) is 32.7 Å². The summed E-state index contributed by atoms with van der Waals surface area (Å²) in [6, 6.07) is 0. The molecular formula is C19H41NO5. The van der Waals surface area contributed by atoms with Gasteiger partial charge in [-0.15, -0.1) is 0 Å². The lowest BCUT2D eigenvalue weighted by molar-refractivity contribution is -0.124. The van der Waals surface area contributed by atoms with Gasteiger partial charge in [-0.3, -0.25) is 0 Å². The predicted octanol–water partition coefficient (Wildman–Crippen LogP) is 2.72. The highest BCUT2D eigenvalue weighted by atomic mass is 16.5. The molecule has 152 valence electrons. The number of ether oxygens (including phenoxy) is 1. The molecular weight excluding hydrogens is 322 g/mol. The van der Waals surface area contributed by atoms with E-state index in [1.807, 2.05) is 0 Å². The van der Waals surface area contributed by atoms with Crippen molar-refractivity contribution in [1.29, 1.82) is 0 Å². The molecule has 2 unspecified atom stereocenters. The van der Waals surface area contributed by atoms with Crippen molar-refractivity contribution < 1.29 is 25.3 Å². The Kier molecular flexibility index (Phi) is 18.4. The number of unbranched alkanes of at least 4 members (excludes halogenated alkanes) is 9. The van der Waals surface area contributed by atoms with E-state index in [2.05, 4.69) is 6.92 Å². The fraction of sp³-hybridized carbons (Fsp3) is 1.00. The van der Waals surface area contributed by atoms with E-state index in [9.17, 15) is 15.4 Å². The molecule has 2 atom stereocenters. The molecule has 4 N–H and O–H groups in total. The molecule has 0 aliphatic carbocycles. The molecule has 25 heavy (non-hydrogen) atoms. The number of aliphatic hydroxyl groups excluding tert-OH is 3. The number of hydrogen-bond acceptors (Lipinski definition) is 6. The van der Waals surface area contributed by atoms with Crippen LogP contribution < -0.4 is 0 Å². The molecule has 6 heteroatoms. The van der Waals surface area contributed by atoms with Crippen LogP contribution in [0.25, 0.3) is 0 Å². The Hall–Kier alpha value is -0.240. The van der Waals surface area contributed by atoms with E-state index >= 15 is 0 Å². The SMILES string of the molecule is CCCCCCCCCCCCOCC(O)CC(O)CN(O)CCO. The van der Waals surface area contributed by atoms with Gasteiger partial charge in [0.1, 0.15) is 0 Å². The predicted molar refractivity (Wildman–Crippen MR) is 99.7 cm³/mol. The standard InChI is InChI=1S/C19H41NO5/c1-2-3-4-5-6-7-8-9-10-11-14-25-17-19(23)15-18(22)16-20(24)12-13-21/h18-19,21-24H,2-17H2,1H3. The van der Waals surface area contributed by atoms with Gasteiger partial charge in [-0.2, -0.15) is 5.06 Å². The average Bonchev–Trinajstić information content (AvgIpc) is 2.55. The van der Waals surface area contributed by atoms with Crippen LogP contribution in [0.5, 0.6) is 0 Å². The zero-order chi connectivity index (χ0) is 18.8. The van der Waals surface area contributed by atoms with Crippen LogP contribution in [0.1, 0.15) is 77.6 Å². The molecule has 0 rings (SSSR count). The lowest BCUT2D eigenvalue weighted by atomic mass is 10.1. The number of rotatable bonds is 19. The maximum absolute atomic E-state index is 9.79. The van der Waals surface area contributed by atoms with E-state index in [1.165, 1.54) is 51.4 Å². The minimum atomic E-state index is -0.840. The van der Waals surface area contributed by atoms with Gasteiger partial charge < -0.3 is 25.3 Å². The van der Waals surface area contributed by atoms with Gasteiger partial charge in [-0.05, 0) is 6.42 Å². The minimum absolute atomic E-state index is 0.00998. The van der Waals surface area contributed by atoms with E-state index < -0.39 is 12.2 Å². The molecule has 0 amide bonds. The first-order chi connectivity index (χ1) is 12.1. The Bertz CT molecular complexity index is 268. The van der Waals surface area contributed by atoms with Crippen LogP contribution in [0.4, 0.5) is 0 Å². The van der Waals surface area contributed by atoms with Gasteiger partial charge in [-0.25, -0.2) is 0 Å². The Labute approximate surface area is 153 Å². The van der Waals surface area contributed by atoms with E-state index in [0.717, 1.165) is 17.9 Å². The molecule has 6 nitrogen and oxygen atoms in total. The van der Waals surface area contributed by atoms with Gasteiger partial charge in [-0.1, -0.05) is 64.7 Å². The fourth-order valence-electron chi connectivity index (χ4n) is 2.82. The van der Waals surface area contributed by atoms with Crippen molar-refractivity contribution in [2.24, 2.45) is 0 Å². The van der Waals surface area contributed by atoms with E-state index in [1.54, 1.807) is 0 Å². The highest BCUT2D eigenvalue weighted by molar-refractivity contribution is 4.65. The third-order valence-corrected chi connectivity index (χ3v) is 4.28. The number of hydroxylamine groups is 2. The molecule has 0 saturated carbocycles. The topological polar surface area (TPSA) is 93.4 Å². The summed E-state index contributed by atoms with van der Waals surface area (Å²) in [5.74, 6) is 0. The van der Waals surface area contributed by atoms with Crippen LogP contribution in [-0.4, -0.2) is 70.7 Å². The summed E-state index contributed by atoms with van der Waals surface area (Å²) in [6.07, 6.45) is 11.4. The zero-order valence-corrected chi connectivity index (χ0v) is 16.1. The van der Waals surface area contributed by atoms with Crippen LogP contribution in [0, 0.1) is 0 Å². The summed E-state index contributed by atoms with van der Waals surface area (Å²) >= 11 is 0. The first-order valence-corrected chi connectivity index (χ1v) is 10.1. The molecule has 0 spiro atoms. The maximum atomic E-state index is 9.79. The van der Waals surface area contributed by atoms with Crippen LogP contribution in [0.3, 0.4) is 0 Å². The summed E-state index contributed by atoms with van der Waals surface area (Å²) in [6.45, 7) is 3.01. The van der Waals surface area contributed by atoms with Crippen molar-refractivity contribution in [3.63, 3.8) is 0 Å². The summed E-state index contributed by atoms with van der Waals surface area (Å²) in [4.78, 5) is 0. The third-order valence-electron chi connectivity index (χ3n) is 4.28. The van der Waals surface area contributed by atoms with Crippen molar-refractivity contribution >= 4 is 0 Å². The van der Waals surface area contributed by atoms with Gasteiger partial charge in [0.25, 0.3) is 0 Å². The van der Waals surface area contributed by atoms with Crippen LogP contribution >= 0.6 is 0 Å². The van der Waals surface area contributed by atoms with Crippen molar-refractivity contribution in [3.8, 4) is 0 Å². The van der Waals surface area contributed by atoms with Crippen molar-refractivity contribution in [2.75, 3.05) is 32.9 Å².